The highest BCUT2D eigenvalue weighted by Crippen LogP contribution is 2.39. The molecular formula is C29H33Cl2N7O6. The summed E-state index contributed by atoms with van der Waals surface area (Å²) >= 11 is 9.28. The lowest BCUT2D eigenvalue weighted by atomic mass is 10.1. The molecule has 4 unspecified atom stereocenters. The third-order valence-corrected chi connectivity index (χ3v) is 6.61. The van der Waals surface area contributed by atoms with Gasteiger partial charge in [0, 0.05) is 39.4 Å². The second kappa shape index (κ2) is 21.0. The van der Waals surface area contributed by atoms with Crippen LogP contribution in [0.2, 0.25) is 0 Å². The summed E-state index contributed by atoms with van der Waals surface area (Å²) in [6.45, 7) is 9.13. The van der Waals surface area contributed by atoms with Gasteiger partial charge in [-0.3, -0.25) is 30.3 Å². The molecule has 4 rings (SSSR count). The first-order valence-corrected chi connectivity index (χ1v) is 14.2. The molecule has 0 heterocycles. The lowest BCUT2D eigenvalue weighted by molar-refractivity contribution is -0.558. The molecule has 0 saturated heterocycles. The maximum atomic E-state index is 9.99. The van der Waals surface area contributed by atoms with E-state index in [0.29, 0.717) is 34.1 Å². The zero-order valence-corrected chi connectivity index (χ0v) is 26.8. The van der Waals surface area contributed by atoms with Crippen molar-refractivity contribution in [2.24, 2.45) is 17.8 Å². The Morgan fingerprint density at radius 1 is 0.545 bits per heavy atom. The Morgan fingerprint density at radius 3 is 0.977 bits per heavy atom. The summed E-state index contributed by atoms with van der Waals surface area (Å²) < 4.78 is 0. The molecule has 0 N–H and O–H groups in total. The monoisotopic (exact) mass is 645 g/mol. The molecule has 234 valence electrons. The minimum absolute atomic E-state index is 0.185. The minimum atomic E-state index is -0.949. The Bertz CT molecular complexity index is 1360. The van der Waals surface area contributed by atoms with Crippen molar-refractivity contribution in [1.82, 2.24) is 0 Å². The summed E-state index contributed by atoms with van der Waals surface area (Å²) in [5.74, 6) is 0.222. The van der Waals surface area contributed by atoms with Gasteiger partial charge in [0.2, 0.25) is 6.04 Å². The van der Waals surface area contributed by atoms with E-state index < -0.39 is 27.8 Å². The highest BCUT2D eigenvalue weighted by Gasteiger charge is 2.67. The Kier molecular flexibility index (Phi) is 19.7. The van der Waals surface area contributed by atoms with E-state index in [1.54, 1.807) is 24.3 Å². The number of hydrogen-bond donors (Lipinski definition) is 0. The van der Waals surface area contributed by atoms with Crippen LogP contribution in [0.25, 0.3) is 0 Å². The van der Waals surface area contributed by atoms with Crippen LogP contribution in [-0.2, 0) is 0 Å². The molecule has 2 saturated carbocycles. The fourth-order valence-corrected chi connectivity index (χ4v) is 3.77. The van der Waals surface area contributed by atoms with E-state index in [1.165, 1.54) is 19.7 Å². The Balaban J connectivity index is 0. The van der Waals surface area contributed by atoms with Crippen LogP contribution in [0.5, 0.6) is 0 Å². The zero-order chi connectivity index (χ0) is 34.7. The average Bonchev–Trinajstić information content (AvgIpc) is 3.88. The Labute approximate surface area is 266 Å². The molecule has 0 spiro atoms. The predicted molar refractivity (Wildman–Crippen MR) is 165 cm³/mol. The molecule has 0 aliphatic heterocycles. The van der Waals surface area contributed by atoms with Gasteiger partial charge in [0.05, 0.1) is 22.3 Å². The number of alkyl halides is 2. The van der Waals surface area contributed by atoms with Gasteiger partial charge in [0.25, 0.3) is 12.1 Å². The van der Waals surface area contributed by atoms with Gasteiger partial charge in [-0.15, -0.1) is 23.2 Å². The van der Waals surface area contributed by atoms with Crippen molar-refractivity contribution < 1.29 is 14.8 Å². The third-order valence-electron chi connectivity index (χ3n) is 6.61. The normalized spacial score (nSPS) is 20.8. The number of rotatable bonds is 3. The molecule has 2 aliphatic rings. The first-order chi connectivity index (χ1) is 20.7. The van der Waals surface area contributed by atoms with Crippen molar-refractivity contribution in [2.75, 3.05) is 12.8 Å². The van der Waals surface area contributed by atoms with E-state index in [9.17, 15) is 30.3 Å². The maximum Gasteiger partial charge on any atom is 0.288 e. The van der Waals surface area contributed by atoms with Crippen LogP contribution in [-0.4, -0.2) is 45.7 Å². The molecule has 2 aliphatic carbocycles. The lowest BCUT2D eigenvalue weighted by Crippen LogP contribution is -2.12. The molecule has 13 nitrogen and oxygen atoms in total. The summed E-state index contributed by atoms with van der Waals surface area (Å²) in [6, 6.07) is 16.1. The number of benzene rings is 2. The van der Waals surface area contributed by atoms with E-state index >= 15 is 0 Å². The molecule has 2 aromatic rings. The smallest absolute Gasteiger partial charge is 0.264 e. The topological polar surface area (TPSA) is 225 Å². The van der Waals surface area contributed by atoms with Crippen molar-refractivity contribution >= 4 is 23.2 Å². The standard InChI is InChI=1S/2C9H6N2.C5H9NO2.C4H6N2O4.2CH3Cl/c2*1-7-2-3-8(5-10)9(4-7)6-11;1-3-4(2)5(3)6(7)8;1-2-3(5(7)8)4(2)6(9)10;2*1-2/h2*2-4H,1H3;3-5H,1-2H3;2-4H,1H3;2*1H3. The Hall–Kier alpha value is -4.82. The van der Waals surface area contributed by atoms with Crippen LogP contribution in [0, 0.1) is 107 Å². The molecule has 0 aromatic heterocycles. The highest BCUT2D eigenvalue weighted by atomic mass is 35.5. The zero-order valence-electron chi connectivity index (χ0n) is 25.3. The van der Waals surface area contributed by atoms with Gasteiger partial charge in [-0.2, -0.15) is 21.0 Å². The number of nitrogens with zero attached hydrogens (tertiary/aromatic N) is 7. The number of hydrogen-bond acceptors (Lipinski definition) is 10. The van der Waals surface area contributed by atoms with E-state index in [1.807, 2.05) is 64.1 Å². The molecule has 0 amide bonds. The quantitative estimate of drug-likeness (QED) is 0.214. The molecule has 15 heteroatoms. The van der Waals surface area contributed by atoms with Gasteiger partial charge in [0.15, 0.2) is 0 Å². The predicted octanol–water partition coefficient (Wildman–Crippen LogP) is 6.03. The lowest BCUT2D eigenvalue weighted by Gasteiger charge is -1.94. The Morgan fingerprint density at radius 2 is 0.818 bits per heavy atom. The van der Waals surface area contributed by atoms with E-state index in [4.69, 9.17) is 21.0 Å². The van der Waals surface area contributed by atoms with Crippen LogP contribution < -0.4 is 0 Å². The summed E-state index contributed by atoms with van der Waals surface area (Å²) in [6.07, 6.45) is 2.94. The van der Waals surface area contributed by atoms with E-state index in [2.05, 4.69) is 23.2 Å². The van der Waals surface area contributed by atoms with E-state index in [0.717, 1.165) is 11.1 Å². The summed E-state index contributed by atoms with van der Waals surface area (Å²) in [5.41, 5.74) is 3.79. The van der Waals surface area contributed by atoms with Crippen molar-refractivity contribution in [3.8, 4) is 24.3 Å². The van der Waals surface area contributed by atoms with E-state index in [-0.39, 0.29) is 11.0 Å². The number of aryl methyl sites for hydroxylation is 2. The van der Waals surface area contributed by atoms with Crippen LogP contribution in [0.3, 0.4) is 0 Å². The van der Waals surface area contributed by atoms with Crippen molar-refractivity contribution in [1.29, 1.82) is 21.0 Å². The number of nitriles is 4. The van der Waals surface area contributed by atoms with Crippen LogP contribution in [0.1, 0.15) is 54.2 Å². The van der Waals surface area contributed by atoms with Gasteiger partial charge in [0.1, 0.15) is 30.2 Å². The first-order valence-electron chi connectivity index (χ1n) is 12.7. The van der Waals surface area contributed by atoms with Gasteiger partial charge in [-0.1, -0.05) is 26.0 Å². The molecule has 2 aromatic carbocycles. The third kappa shape index (κ3) is 13.0. The van der Waals surface area contributed by atoms with Crippen LogP contribution >= 0.6 is 23.2 Å². The van der Waals surface area contributed by atoms with Gasteiger partial charge >= 0.3 is 0 Å². The SMILES string of the molecule is CC1C(C)C1[N+](=O)[O-].CC1C([N+](=O)[O-])C1[N+](=O)[O-].CCl.CCl.Cc1ccc(C#N)c(C#N)c1.Cc1ccc(C#N)c(C#N)c1. The fourth-order valence-electron chi connectivity index (χ4n) is 3.77. The second-order valence-electron chi connectivity index (χ2n) is 9.45. The average molecular weight is 647 g/mol. The van der Waals surface area contributed by atoms with Crippen LogP contribution in [0.4, 0.5) is 0 Å². The van der Waals surface area contributed by atoms with Gasteiger partial charge in [-0.05, 0) is 56.2 Å². The van der Waals surface area contributed by atoms with Crippen molar-refractivity contribution in [3.05, 3.63) is 100 Å². The van der Waals surface area contributed by atoms with Crippen molar-refractivity contribution in [3.63, 3.8) is 0 Å². The molecule has 0 radical (unpaired) electrons. The summed E-state index contributed by atoms with van der Waals surface area (Å²) in [7, 11) is 0. The molecule has 44 heavy (non-hydrogen) atoms. The summed E-state index contributed by atoms with van der Waals surface area (Å²) in [4.78, 5) is 28.6. The fraction of sp³-hybridized carbons (Fsp3) is 0.448. The second-order valence-corrected chi connectivity index (χ2v) is 9.45. The first kappa shape index (κ1) is 41.3. The highest BCUT2D eigenvalue weighted by molar-refractivity contribution is 6.15. The summed E-state index contributed by atoms with van der Waals surface area (Å²) in [5, 5.41) is 64.2. The molecule has 4 atom stereocenters. The number of nitro groups is 3. The van der Waals surface area contributed by atoms with Crippen molar-refractivity contribution in [2.45, 2.75) is 52.7 Å². The number of halogens is 2. The van der Waals surface area contributed by atoms with Gasteiger partial charge in [-0.25, -0.2) is 0 Å². The molecule has 0 bridgehead atoms. The maximum absolute atomic E-state index is 9.99. The molecular weight excluding hydrogens is 613 g/mol. The van der Waals surface area contributed by atoms with Crippen LogP contribution in [0.15, 0.2) is 36.4 Å². The molecule has 2 fully saturated rings. The van der Waals surface area contributed by atoms with Gasteiger partial charge < -0.3 is 0 Å². The largest absolute Gasteiger partial charge is 0.288 e. The minimum Gasteiger partial charge on any atom is -0.264 e.